The van der Waals surface area contributed by atoms with Crippen molar-refractivity contribution < 1.29 is 4.42 Å². The minimum absolute atomic E-state index is 0.787. The van der Waals surface area contributed by atoms with Crippen LogP contribution in [-0.4, -0.2) is 11.5 Å². The first kappa shape index (κ1) is 13.0. The molecule has 0 saturated carbocycles. The van der Waals surface area contributed by atoms with Gasteiger partial charge in [-0.1, -0.05) is 25.1 Å². The summed E-state index contributed by atoms with van der Waals surface area (Å²) < 4.78 is 5.30. The molecule has 0 aliphatic carbocycles. The summed E-state index contributed by atoms with van der Waals surface area (Å²) in [4.78, 5) is 3.42. The molecule has 3 aromatic rings. The summed E-state index contributed by atoms with van der Waals surface area (Å²) in [6.45, 7) is 3.93. The molecule has 0 aliphatic rings. The second kappa shape index (κ2) is 5.97. The monoisotopic (exact) mass is 268 g/mol. The molecular formula is C17H20N2O. The number of nitrogens with one attached hydrogen (secondary N) is 2. The van der Waals surface area contributed by atoms with Gasteiger partial charge in [-0.15, -0.1) is 0 Å². The van der Waals surface area contributed by atoms with Gasteiger partial charge in [0, 0.05) is 17.1 Å². The van der Waals surface area contributed by atoms with Crippen LogP contribution in [0.1, 0.15) is 23.8 Å². The lowest BCUT2D eigenvalue weighted by atomic mass is 10.1. The van der Waals surface area contributed by atoms with Crippen LogP contribution in [0.2, 0.25) is 0 Å². The summed E-state index contributed by atoms with van der Waals surface area (Å²) in [6, 6.07) is 10.5. The number of aryl methyl sites for hydroxylation is 1. The second-order valence-electron chi connectivity index (χ2n) is 5.01. The fourth-order valence-corrected chi connectivity index (χ4v) is 2.62. The molecule has 3 heteroatoms. The Morgan fingerprint density at radius 3 is 2.90 bits per heavy atom. The third kappa shape index (κ3) is 2.63. The van der Waals surface area contributed by atoms with E-state index in [-0.39, 0.29) is 0 Å². The van der Waals surface area contributed by atoms with E-state index in [0.29, 0.717) is 0 Å². The van der Waals surface area contributed by atoms with Crippen molar-refractivity contribution in [2.75, 3.05) is 6.54 Å². The third-order valence-corrected chi connectivity index (χ3v) is 3.72. The van der Waals surface area contributed by atoms with Gasteiger partial charge >= 0.3 is 0 Å². The van der Waals surface area contributed by atoms with E-state index in [1.807, 2.05) is 12.1 Å². The SMILES string of the molecule is CCc1cccc2c(CCNCc3ccco3)c[nH]c12. The molecule has 104 valence electrons. The van der Waals surface area contributed by atoms with Gasteiger partial charge in [-0.3, -0.25) is 0 Å². The first-order valence-electron chi connectivity index (χ1n) is 7.19. The lowest BCUT2D eigenvalue weighted by Gasteiger charge is -2.03. The smallest absolute Gasteiger partial charge is 0.117 e. The first-order valence-corrected chi connectivity index (χ1v) is 7.19. The van der Waals surface area contributed by atoms with Gasteiger partial charge in [0.1, 0.15) is 5.76 Å². The minimum Gasteiger partial charge on any atom is -0.468 e. The zero-order valence-corrected chi connectivity index (χ0v) is 11.8. The van der Waals surface area contributed by atoms with Crippen molar-refractivity contribution in [3.63, 3.8) is 0 Å². The fourth-order valence-electron chi connectivity index (χ4n) is 2.62. The van der Waals surface area contributed by atoms with Crippen LogP contribution in [0.15, 0.2) is 47.2 Å². The fraction of sp³-hybridized carbons (Fsp3) is 0.294. The van der Waals surface area contributed by atoms with Crippen LogP contribution in [-0.2, 0) is 19.4 Å². The van der Waals surface area contributed by atoms with Crippen LogP contribution in [0.4, 0.5) is 0 Å². The maximum absolute atomic E-state index is 5.30. The highest BCUT2D eigenvalue weighted by atomic mass is 16.3. The second-order valence-corrected chi connectivity index (χ2v) is 5.01. The van der Waals surface area contributed by atoms with Gasteiger partial charge in [-0.2, -0.15) is 0 Å². The van der Waals surface area contributed by atoms with Crippen LogP contribution < -0.4 is 5.32 Å². The van der Waals surface area contributed by atoms with Gasteiger partial charge < -0.3 is 14.7 Å². The number of hydrogen-bond acceptors (Lipinski definition) is 2. The number of rotatable bonds is 6. The molecule has 0 amide bonds. The number of hydrogen-bond donors (Lipinski definition) is 2. The number of aromatic nitrogens is 1. The van der Waals surface area contributed by atoms with Crippen LogP contribution in [0.5, 0.6) is 0 Å². The Kier molecular flexibility index (Phi) is 3.88. The lowest BCUT2D eigenvalue weighted by Crippen LogP contribution is -2.16. The molecule has 0 fully saturated rings. The van der Waals surface area contributed by atoms with Gasteiger partial charge in [0.2, 0.25) is 0 Å². The van der Waals surface area contributed by atoms with Gasteiger partial charge in [0.05, 0.1) is 12.8 Å². The Morgan fingerprint density at radius 2 is 2.10 bits per heavy atom. The average molecular weight is 268 g/mol. The van der Waals surface area contributed by atoms with Crippen molar-refractivity contribution in [3.05, 3.63) is 59.7 Å². The summed E-state index contributed by atoms with van der Waals surface area (Å²) in [5.74, 6) is 0.984. The third-order valence-electron chi connectivity index (χ3n) is 3.72. The van der Waals surface area contributed by atoms with Crippen LogP contribution >= 0.6 is 0 Å². The van der Waals surface area contributed by atoms with E-state index in [9.17, 15) is 0 Å². The van der Waals surface area contributed by atoms with Gasteiger partial charge in [-0.05, 0) is 42.6 Å². The average Bonchev–Trinajstić information content (AvgIpc) is 3.13. The number of aromatic amines is 1. The Morgan fingerprint density at radius 1 is 1.15 bits per heavy atom. The summed E-state index contributed by atoms with van der Waals surface area (Å²) >= 11 is 0. The van der Waals surface area contributed by atoms with Crippen molar-refractivity contribution in [2.45, 2.75) is 26.3 Å². The Bertz CT molecular complexity index is 667. The van der Waals surface area contributed by atoms with E-state index in [4.69, 9.17) is 4.42 Å². The molecule has 20 heavy (non-hydrogen) atoms. The molecule has 0 radical (unpaired) electrons. The summed E-state index contributed by atoms with van der Waals surface area (Å²) in [5.41, 5.74) is 4.05. The van der Waals surface area contributed by atoms with E-state index in [1.54, 1.807) is 6.26 Å². The normalized spacial score (nSPS) is 11.2. The maximum atomic E-state index is 5.30. The predicted octanol–water partition coefficient (Wildman–Crippen LogP) is 3.66. The standard InChI is InChI=1S/C17H20N2O/c1-2-13-5-3-7-16-14(11-19-17(13)16)8-9-18-12-15-6-4-10-20-15/h3-7,10-11,18-19H,2,8-9,12H2,1H3. The van der Waals surface area contributed by atoms with Gasteiger partial charge in [0.15, 0.2) is 0 Å². The number of fused-ring (bicyclic) bond motifs is 1. The maximum Gasteiger partial charge on any atom is 0.117 e. The molecule has 2 heterocycles. The van der Waals surface area contributed by atoms with Crippen molar-refractivity contribution in [2.24, 2.45) is 0 Å². The van der Waals surface area contributed by atoms with E-state index in [2.05, 4.69) is 41.6 Å². The molecule has 0 unspecified atom stereocenters. The molecule has 0 bridgehead atoms. The Balaban J connectivity index is 1.63. The van der Waals surface area contributed by atoms with Crippen molar-refractivity contribution in [1.82, 2.24) is 10.3 Å². The summed E-state index contributed by atoms with van der Waals surface area (Å²) in [5, 5.41) is 4.76. The zero-order chi connectivity index (χ0) is 13.8. The highest BCUT2D eigenvalue weighted by Crippen LogP contribution is 2.22. The molecule has 0 spiro atoms. The molecule has 3 nitrogen and oxygen atoms in total. The molecular weight excluding hydrogens is 248 g/mol. The number of H-pyrrole nitrogens is 1. The molecule has 3 rings (SSSR count). The zero-order valence-electron chi connectivity index (χ0n) is 11.8. The molecule has 1 aromatic carbocycles. The van der Waals surface area contributed by atoms with Crippen molar-refractivity contribution >= 4 is 10.9 Å². The Labute approximate surface area is 119 Å². The highest BCUT2D eigenvalue weighted by molar-refractivity contribution is 5.86. The number of para-hydroxylation sites is 1. The van der Waals surface area contributed by atoms with Crippen LogP contribution in [0.25, 0.3) is 10.9 Å². The highest BCUT2D eigenvalue weighted by Gasteiger charge is 2.06. The quantitative estimate of drug-likeness (QED) is 0.670. The predicted molar refractivity (Wildman–Crippen MR) is 81.8 cm³/mol. The summed E-state index contributed by atoms with van der Waals surface area (Å²) in [6.07, 6.45) is 5.93. The van der Waals surface area contributed by atoms with Gasteiger partial charge in [0.25, 0.3) is 0 Å². The molecule has 2 aromatic heterocycles. The van der Waals surface area contributed by atoms with E-state index in [1.165, 1.54) is 22.0 Å². The van der Waals surface area contributed by atoms with E-state index in [0.717, 1.165) is 31.7 Å². The number of furan rings is 1. The van der Waals surface area contributed by atoms with Gasteiger partial charge in [-0.25, -0.2) is 0 Å². The number of benzene rings is 1. The molecule has 2 N–H and O–H groups in total. The minimum atomic E-state index is 0.787. The topological polar surface area (TPSA) is 41.0 Å². The van der Waals surface area contributed by atoms with Crippen LogP contribution in [0.3, 0.4) is 0 Å². The molecule has 0 atom stereocenters. The first-order chi connectivity index (χ1) is 9.88. The van der Waals surface area contributed by atoms with E-state index < -0.39 is 0 Å². The van der Waals surface area contributed by atoms with E-state index >= 15 is 0 Å². The van der Waals surface area contributed by atoms with Crippen molar-refractivity contribution in [3.8, 4) is 0 Å². The largest absolute Gasteiger partial charge is 0.468 e. The summed E-state index contributed by atoms with van der Waals surface area (Å²) in [7, 11) is 0. The molecule has 0 aliphatic heterocycles. The lowest BCUT2D eigenvalue weighted by molar-refractivity contribution is 0.484. The van der Waals surface area contributed by atoms with Crippen LogP contribution in [0, 0.1) is 0 Å². The Hall–Kier alpha value is -2.00. The van der Waals surface area contributed by atoms with Crippen molar-refractivity contribution in [1.29, 1.82) is 0 Å². The molecule has 0 saturated heterocycles.